The lowest BCUT2D eigenvalue weighted by atomic mass is 10.7. The molecule has 0 heterocycles. The van der Waals surface area contributed by atoms with E-state index >= 15 is 0 Å². The predicted octanol–water partition coefficient (Wildman–Crippen LogP) is -0.774. The van der Waals surface area contributed by atoms with Crippen molar-refractivity contribution in [3.8, 4) is 0 Å². The second-order valence-corrected chi connectivity index (χ2v) is 1.81. The zero-order valence-electron chi connectivity index (χ0n) is 5.97. The summed E-state index contributed by atoms with van der Waals surface area (Å²) in [7, 11) is 4.98. The Morgan fingerprint density at radius 2 is 2.22 bits per heavy atom. The van der Waals surface area contributed by atoms with Crippen LogP contribution in [0.4, 0.5) is 0 Å². The van der Waals surface area contributed by atoms with Gasteiger partial charge in [-0.2, -0.15) is 0 Å². The summed E-state index contributed by atoms with van der Waals surface area (Å²) < 4.78 is 4.37. The van der Waals surface area contributed by atoms with Crippen molar-refractivity contribution < 1.29 is 9.53 Å². The molecule has 0 aliphatic rings. The van der Waals surface area contributed by atoms with Crippen LogP contribution in [0.2, 0.25) is 0 Å². The van der Waals surface area contributed by atoms with Gasteiger partial charge >= 0.3 is 5.97 Å². The minimum Gasteiger partial charge on any atom is -0.468 e. The van der Waals surface area contributed by atoms with Gasteiger partial charge in [-0.05, 0) is 0 Å². The van der Waals surface area contributed by atoms with Crippen molar-refractivity contribution in [2.75, 3.05) is 27.7 Å². The zero-order chi connectivity index (χ0) is 7.28. The number of rotatable bonds is 3. The van der Waals surface area contributed by atoms with Crippen molar-refractivity contribution in [1.82, 2.24) is 10.4 Å². The molecule has 0 saturated heterocycles. The van der Waals surface area contributed by atoms with Crippen molar-refractivity contribution in [3.05, 3.63) is 0 Å². The van der Waals surface area contributed by atoms with Gasteiger partial charge in [0.25, 0.3) is 0 Å². The van der Waals surface area contributed by atoms with Crippen LogP contribution in [0.3, 0.4) is 0 Å². The molecule has 0 rings (SSSR count). The van der Waals surface area contributed by atoms with Crippen LogP contribution in [0, 0.1) is 0 Å². The zero-order valence-corrected chi connectivity index (χ0v) is 5.97. The molecule has 0 aromatic heterocycles. The largest absolute Gasteiger partial charge is 0.468 e. The van der Waals surface area contributed by atoms with E-state index in [1.807, 2.05) is 14.1 Å². The van der Waals surface area contributed by atoms with E-state index in [1.54, 1.807) is 5.01 Å². The van der Waals surface area contributed by atoms with Crippen molar-refractivity contribution in [2.45, 2.75) is 0 Å². The molecule has 0 radical (unpaired) electrons. The van der Waals surface area contributed by atoms with Crippen LogP contribution in [0.25, 0.3) is 0 Å². The number of carbonyl (C=O) groups excluding carboxylic acids is 1. The summed E-state index contributed by atoms with van der Waals surface area (Å²) in [4.78, 5) is 10.4. The highest BCUT2D eigenvalue weighted by molar-refractivity contribution is 5.71. The lowest BCUT2D eigenvalue weighted by Gasteiger charge is -2.09. The van der Waals surface area contributed by atoms with Gasteiger partial charge in [-0.3, -0.25) is 9.80 Å². The highest BCUT2D eigenvalue weighted by Crippen LogP contribution is 1.69. The molecule has 0 aromatic carbocycles. The molecule has 0 fully saturated rings. The van der Waals surface area contributed by atoms with E-state index in [0.717, 1.165) is 0 Å². The fourth-order valence-electron chi connectivity index (χ4n) is 0.295. The third-order valence-corrected chi connectivity index (χ3v) is 0.767. The van der Waals surface area contributed by atoms with Crippen molar-refractivity contribution in [2.24, 2.45) is 0 Å². The first-order valence-electron chi connectivity index (χ1n) is 2.64. The van der Waals surface area contributed by atoms with Crippen molar-refractivity contribution in [1.29, 1.82) is 0 Å². The molecule has 0 atom stereocenters. The Morgan fingerprint density at radius 3 is 2.56 bits per heavy atom. The van der Waals surface area contributed by atoms with E-state index in [4.69, 9.17) is 0 Å². The van der Waals surface area contributed by atoms with Gasteiger partial charge in [0.1, 0.15) is 6.54 Å². The highest BCUT2D eigenvalue weighted by atomic mass is 16.5. The summed E-state index contributed by atoms with van der Waals surface area (Å²) in [5.41, 5.74) is 2.75. The third kappa shape index (κ3) is 5.26. The molecular weight excluding hydrogens is 120 g/mol. The number of hydrogen-bond donors (Lipinski definition) is 1. The van der Waals surface area contributed by atoms with Crippen LogP contribution >= 0.6 is 0 Å². The second kappa shape index (κ2) is 4.29. The lowest BCUT2D eigenvalue weighted by Crippen LogP contribution is -2.35. The molecule has 0 spiro atoms. The minimum absolute atomic E-state index is 0.226. The molecule has 9 heavy (non-hydrogen) atoms. The summed E-state index contributed by atoms with van der Waals surface area (Å²) in [5.74, 6) is -0.260. The maximum absolute atomic E-state index is 10.4. The smallest absolute Gasteiger partial charge is 0.321 e. The van der Waals surface area contributed by atoms with Gasteiger partial charge in [-0.25, -0.2) is 5.43 Å². The number of ether oxygens (including phenoxy) is 1. The summed E-state index contributed by atoms with van der Waals surface area (Å²) >= 11 is 0. The van der Waals surface area contributed by atoms with Crippen LogP contribution in [-0.4, -0.2) is 38.7 Å². The van der Waals surface area contributed by atoms with E-state index in [2.05, 4.69) is 10.2 Å². The maximum Gasteiger partial charge on any atom is 0.321 e. The van der Waals surface area contributed by atoms with Crippen molar-refractivity contribution in [3.63, 3.8) is 0 Å². The first kappa shape index (κ1) is 8.39. The molecule has 4 nitrogen and oxygen atoms in total. The Balaban J connectivity index is 3.17. The summed E-state index contributed by atoms with van der Waals surface area (Å²) in [6.07, 6.45) is 0. The molecule has 0 unspecified atom stereocenters. The normalized spacial score (nSPS) is 9.78. The van der Waals surface area contributed by atoms with Gasteiger partial charge in [0, 0.05) is 14.1 Å². The van der Waals surface area contributed by atoms with Crippen LogP contribution in [0.5, 0.6) is 0 Å². The fraction of sp³-hybridized carbons (Fsp3) is 0.800. The number of carbonyl (C=O) groups is 1. The van der Waals surface area contributed by atoms with E-state index in [0.29, 0.717) is 0 Å². The van der Waals surface area contributed by atoms with Crippen molar-refractivity contribution >= 4 is 5.97 Å². The number of nitrogens with one attached hydrogen (secondary N) is 1. The number of nitrogens with zero attached hydrogens (tertiary/aromatic N) is 1. The van der Waals surface area contributed by atoms with E-state index in [9.17, 15) is 4.79 Å². The Kier molecular flexibility index (Phi) is 4.00. The number of hydrogen-bond acceptors (Lipinski definition) is 4. The van der Waals surface area contributed by atoms with Crippen LogP contribution < -0.4 is 5.43 Å². The average Bonchev–Trinajstić information content (AvgIpc) is 1.83. The van der Waals surface area contributed by atoms with Gasteiger partial charge in [0.05, 0.1) is 7.11 Å². The molecule has 54 valence electrons. The van der Waals surface area contributed by atoms with Crippen LogP contribution in [-0.2, 0) is 9.53 Å². The van der Waals surface area contributed by atoms with Crippen LogP contribution in [0.1, 0.15) is 0 Å². The van der Waals surface area contributed by atoms with Gasteiger partial charge in [0.15, 0.2) is 0 Å². The monoisotopic (exact) mass is 132 g/mol. The highest BCUT2D eigenvalue weighted by Gasteiger charge is 1.97. The Labute approximate surface area is 54.8 Å². The lowest BCUT2D eigenvalue weighted by molar-refractivity contribution is -0.140. The third-order valence-electron chi connectivity index (χ3n) is 0.767. The van der Waals surface area contributed by atoms with E-state index in [1.165, 1.54) is 7.11 Å². The SMILES string of the molecule is COC(=O)CNN(C)C. The summed E-state index contributed by atoms with van der Waals surface area (Å²) in [6.45, 7) is 0.226. The average molecular weight is 132 g/mol. The van der Waals surface area contributed by atoms with E-state index in [-0.39, 0.29) is 12.5 Å². The molecule has 0 saturated carbocycles. The number of hydrazine groups is 1. The van der Waals surface area contributed by atoms with Gasteiger partial charge in [-0.15, -0.1) is 0 Å². The summed E-state index contributed by atoms with van der Waals surface area (Å²) in [5, 5.41) is 1.69. The topological polar surface area (TPSA) is 41.6 Å². The first-order valence-corrected chi connectivity index (χ1v) is 2.64. The Bertz CT molecular complexity index is 93.0. The molecule has 0 aliphatic carbocycles. The predicted molar refractivity (Wildman–Crippen MR) is 33.7 cm³/mol. The maximum atomic E-state index is 10.4. The van der Waals surface area contributed by atoms with Crippen LogP contribution in [0.15, 0.2) is 0 Å². The molecular formula is C5H12N2O2. The molecule has 0 bridgehead atoms. The Hall–Kier alpha value is -0.610. The first-order chi connectivity index (χ1) is 4.16. The quantitative estimate of drug-likeness (QED) is 0.404. The standard InChI is InChI=1S/C5H12N2O2/c1-7(2)6-4-5(8)9-3/h6H,4H2,1-3H3. The second-order valence-electron chi connectivity index (χ2n) is 1.81. The van der Waals surface area contributed by atoms with Gasteiger partial charge in [-0.1, -0.05) is 0 Å². The number of esters is 1. The fourth-order valence-corrected chi connectivity index (χ4v) is 0.295. The molecule has 0 amide bonds. The summed E-state index contributed by atoms with van der Waals surface area (Å²) in [6, 6.07) is 0. The molecule has 1 N–H and O–H groups in total. The molecule has 4 heteroatoms. The molecule has 0 aliphatic heterocycles. The van der Waals surface area contributed by atoms with Gasteiger partial charge in [0.2, 0.25) is 0 Å². The minimum atomic E-state index is -0.260. The number of methoxy groups -OCH3 is 1. The Morgan fingerprint density at radius 1 is 1.67 bits per heavy atom. The van der Waals surface area contributed by atoms with E-state index < -0.39 is 0 Å². The molecule has 0 aromatic rings. The van der Waals surface area contributed by atoms with Gasteiger partial charge < -0.3 is 4.74 Å².